The predicted octanol–water partition coefficient (Wildman–Crippen LogP) is 4.42. The molecule has 38 heavy (non-hydrogen) atoms. The Kier molecular flexibility index (Phi) is 8.99. The second kappa shape index (κ2) is 12.6. The molecule has 3 N–H and O–H groups in total. The number of amides is 1. The molecule has 0 spiro atoms. The molecule has 1 heterocycles. The van der Waals surface area contributed by atoms with Gasteiger partial charge in [-0.1, -0.05) is 43.3 Å². The lowest BCUT2D eigenvalue weighted by molar-refractivity contribution is 0.0830. The van der Waals surface area contributed by atoms with Gasteiger partial charge in [-0.2, -0.15) is 0 Å². The molecule has 8 heteroatoms. The summed E-state index contributed by atoms with van der Waals surface area (Å²) in [5, 5.41) is 17.1. The minimum Gasteiger partial charge on any atom is -0.390 e. The fourth-order valence-corrected chi connectivity index (χ4v) is 4.43. The predicted molar refractivity (Wildman–Crippen MR) is 143 cm³/mol. The van der Waals surface area contributed by atoms with Crippen molar-refractivity contribution < 1.29 is 18.7 Å². The Hall–Kier alpha value is -3.88. The zero-order valence-corrected chi connectivity index (χ0v) is 21.5. The quantitative estimate of drug-likeness (QED) is 0.275. The molecule has 0 saturated carbocycles. The van der Waals surface area contributed by atoms with Gasteiger partial charge in [0.15, 0.2) is 0 Å². The Morgan fingerprint density at radius 2 is 1.74 bits per heavy atom. The molecular formula is C30H32F2N4O2. The Labute approximate surface area is 221 Å². The minimum absolute atomic E-state index is 0.0492. The van der Waals surface area contributed by atoms with Crippen molar-refractivity contribution in [2.45, 2.75) is 38.5 Å². The van der Waals surface area contributed by atoms with Crippen LogP contribution in [0.15, 0.2) is 79.1 Å². The highest BCUT2D eigenvalue weighted by Gasteiger charge is 2.23. The number of aromatic nitrogens is 2. The molecule has 2 atom stereocenters. The third kappa shape index (κ3) is 7.12. The summed E-state index contributed by atoms with van der Waals surface area (Å²) in [5.41, 5.74) is 3.79. The van der Waals surface area contributed by atoms with Crippen molar-refractivity contribution in [1.29, 1.82) is 0 Å². The molecule has 3 aromatic carbocycles. The molecule has 0 unspecified atom stereocenters. The molecule has 4 rings (SSSR count). The van der Waals surface area contributed by atoms with Gasteiger partial charge in [0, 0.05) is 49.7 Å². The number of nitrogens with one attached hydrogen (secondary N) is 2. The maximum atomic E-state index is 13.9. The lowest BCUT2D eigenvalue weighted by Crippen LogP contribution is -2.48. The average molecular weight is 519 g/mol. The summed E-state index contributed by atoms with van der Waals surface area (Å²) in [7, 11) is 1.87. The lowest BCUT2D eigenvalue weighted by Gasteiger charge is -2.25. The number of imidazole rings is 1. The van der Waals surface area contributed by atoms with Gasteiger partial charge in [-0.15, -0.1) is 0 Å². The SMILES string of the molecule is CCc1cccc(CNC[C@@H](O)[C@H](Cc2cc(F)cc(F)c2)NC(=O)c2cccc(-c3nccn3C)c2)c1. The first kappa shape index (κ1) is 27.2. The summed E-state index contributed by atoms with van der Waals surface area (Å²) in [6, 6.07) is 17.6. The lowest BCUT2D eigenvalue weighted by atomic mass is 9.99. The largest absolute Gasteiger partial charge is 0.390 e. The fourth-order valence-electron chi connectivity index (χ4n) is 4.43. The third-order valence-electron chi connectivity index (χ3n) is 6.45. The molecule has 0 radical (unpaired) electrons. The van der Waals surface area contributed by atoms with E-state index in [0.29, 0.717) is 23.5 Å². The fraction of sp³-hybridized carbons (Fsp3) is 0.267. The molecule has 0 aliphatic carbocycles. The molecule has 4 aromatic rings. The number of hydrogen-bond donors (Lipinski definition) is 3. The van der Waals surface area contributed by atoms with E-state index in [1.165, 1.54) is 17.7 Å². The van der Waals surface area contributed by atoms with Crippen LogP contribution >= 0.6 is 0 Å². The van der Waals surface area contributed by atoms with Gasteiger partial charge >= 0.3 is 0 Å². The average Bonchev–Trinajstić information content (AvgIpc) is 3.33. The Balaban J connectivity index is 1.49. The highest BCUT2D eigenvalue weighted by Crippen LogP contribution is 2.19. The van der Waals surface area contributed by atoms with E-state index >= 15 is 0 Å². The second-order valence-corrected chi connectivity index (χ2v) is 9.38. The highest BCUT2D eigenvalue weighted by molar-refractivity contribution is 5.95. The summed E-state index contributed by atoms with van der Waals surface area (Å²) >= 11 is 0. The van der Waals surface area contributed by atoms with Crippen molar-refractivity contribution in [1.82, 2.24) is 20.2 Å². The zero-order chi connectivity index (χ0) is 27.1. The van der Waals surface area contributed by atoms with E-state index in [9.17, 15) is 18.7 Å². The van der Waals surface area contributed by atoms with Gasteiger partial charge in [-0.3, -0.25) is 4.79 Å². The molecule has 0 fully saturated rings. The van der Waals surface area contributed by atoms with Crippen LogP contribution in [0.3, 0.4) is 0 Å². The maximum absolute atomic E-state index is 13.9. The van der Waals surface area contributed by atoms with E-state index in [1.54, 1.807) is 24.4 Å². The van der Waals surface area contributed by atoms with Gasteiger partial charge in [0.2, 0.25) is 0 Å². The molecule has 6 nitrogen and oxygen atoms in total. The van der Waals surface area contributed by atoms with Crippen LogP contribution in [-0.4, -0.2) is 39.3 Å². The molecule has 0 bridgehead atoms. The first-order valence-corrected chi connectivity index (χ1v) is 12.6. The van der Waals surface area contributed by atoms with Gasteiger partial charge in [0.1, 0.15) is 17.5 Å². The summed E-state index contributed by atoms with van der Waals surface area (Å²) in [4.78, 5) is 17.6. The van der Waals surface area contributed by atoms with Gasteiger partial charge in [0.05, 0.1) is 12.1 Å². The number of carbonyl (C=O) groups excluding carboxylic acids is 1. The van der Waals surface area contributed by atoms with Crippen molar-refractivity contribution >= 4 is 5.91 Å². The Morgan fingerprint density at radius 1 is 1.00 bits per heavy atom. The van der Waals surface area contributed by atoms with E-state index in [1.807, 2.05) is 36.0 Å². The number of nitrogens with zero attached hydrogens (tertiary/aromatic N) is 2. The van der Waals surface area contributed by atoms with Crippen LogP contribution in [-0.2, 0) is 26.4 Å². The van der Waals surface area contributed by atoms with E-state index in [0.717, 1.165) is 23.6 Å². The van der Waals surface area contributed by atoms with Gasteiger partial charge in [-0.05, 0) is 53.8 Å². The number of aliphatic hydroxyl groups is 1. The van der Waals surface area contributed by atoms with Crippen LogP contribution in [0.25, 0.3) is 11.4 Å². The summed E-state index contributed by atoms with van der Waals surface area (Å²) < 4.78 is 29.6. The standard InChI is InChI=1S/C30H32F2N4O2/c1-3-20-6-4-7-21(12-20)18-33-19-28(37)27(15-22-13-25(31)17-26(32)14-22)35-30(38)24-9-5-8-23(16-24)29-34-10-11-36(29)2/h4-14,16-17,27-28,33,37H,3,15,18-19H2,1-2H3,(H,35,38)/t27-,28+/m0/s1. The third-order valence-corrected chi connectivity index (χ3v) is 6.45. The monoisotopic (exact) mass is 518 g/mol. The van der Waals surface area contributed by atoms with E-state index < -0.39 is 29.7 Å². The smallest absolute Gasteiger partial charge is 0.251 e. The van der Waals surface area contributed by atoms with Crippen LogP contribution in [0.1, 0.15) is 34.0 Å². The van der Waals surface area contributed by atoms with Crippen molar-refractivity contribution in [2.75, 3.05) is 6.54 Å². The van der Waals surface area contributed by atoms with Crippen molar-refractivity contribution in [3.05, 3.63) is 113 Å². The van der Waals surface area contributed by atoms with E-state index in [-0.39, 0.29) is 13.0 Å². The van der Waals surface area contributed by atoms with Crippen molar-refractivity contribution in [2.24, 2.45) is 7.05 Å². The zero-order valence-electron chi connectivity index (χ0n) is 21.5. The van der Waals surface area contributed by atoms with Crippen LogP contribution in [0.5, 0.6) is 0 Å². The molecule has 0 aliphatic heterocycles. The minimum atomic E-state index is -1.02. The molecule has 1 amide bonds. The first-order chi connectivity index (χ1) is 18.3. The number of hydrogen-bond acceptors (Lipinski definition) is 4. The van der Waals surface area contributed by atoms with Crippen molar-refractivity contribution in [3.8, 4) is 11.4 Å². The van der Waals surface area contributed by atoms with Gasteiger partial charge in [-0.25, -0.2) is 13.8 Å². The van der Waals surface area contributed by atoms with E-state index in [4.69, 9.17) is 0 Å². The van der Waals surface area contributed by atoms with Crippen LogP contribution in [0, 0.1) is 11.6 Å². The van der Waals surface area contributed by atoms with Gasteiger partial charge in [0.25, 0.3) is 5.91 Å². The summed E-state index contributed by atoms with van der Waals surface area (Å²) in [6.07, 6.45) is 3.46. The molecular weight excluding hydrogens is 486 g/mol. The normalized spacial score (nSPS) is 12.8. The van der Waals surface area contributed by atoms with Crippen LogP contribution in [0.2, 0.25) is 0 Å². The molecule has 0 saturated heterocycles. The van der Waals surface area contributed by atoms with Gasteiger partial charge < -0.3 is 20.3 Å². The summed E-state index contributed by atoms with van der Waals surface area (Å²) in [5.74, 6) is -1.12. The van der Waals surface area contributed by atoms with Crippen LogP contribution < -0.4 is 10.6 Å². The number of carbonyl (C=O) groups is 1. The number of aliphatic hydroxyl groups excluding tert-OH is 1. The topological polar surface area (TPSA) is 79.2 Å². The molecule has 198 valence electrons. The Bertz CT molecular complexity index is 1370. The number of rotatable bonds is 11. The maximum Gasteiger partial charge on any atom is 0.251 e. The molecule has 1 aromatic heterocycles. The number of benzene rings is 3. The second-order valence-electron chi connectivity index (χ2n) is 9.38. The number of halogens is 2. The molecule has 0 aliphatic rings. The van der Waals surface area contributed by atoms with E-state index in [2.05, 4.69) is 34.7 Å². The number of aryl methyl sites for hydroxylation is 2. The van der Waals surface area contributed by atoms with Crippen molar-refractivity contribution in [3.63, 3.8) is 0 Å². The highest BCUT2D eigenvalue weighted by atomic mass is 19.1. The van der Waals surface area contributed by atoms with Crippen LogP contribution in [0.4, 0.5) is 8.78 Å². The summed E-state index contributed by atoms with van der Waals surface area (Å²) in [6.45, 7) is 2.79. The first-order valence-electron chi connectivity index (χ1n) is 12.6. The Morgan fingerprint density at radius 3 is 2.45 bits per heavy atom.